The minimum Gasteiger partial charge on any atom is -0.497 e. The maximum atomic E-state index is 12.1. The molecule has 0 radical (unpaired) electrons. The second-order valence-corrected chi connectivity index (χ2v) is 4.92. The topological polar surface area (TPSA) is 90.4 Å². The molecule has 3 aromatic rings. The zero-order chi connectivity index (χ0) is 16.4. The molecule has 0 aliphatic rings. The average Bonchev–Trinajstić information content (AvgIpc) is 3.13. The Morgan fingerprint density at radius 3 is 2.48 bits per heavy atom. The number of benzene rings is 1. The Morgan fingerprint density at radius 2 is 1.87 bits per heavy atom. The number of nitrogens with one attached hydrogen (secondary N) is 1. The van der Waals surface area contributed by atoms with Crippen molar-refractivity contribution in [3.05, 3.63) is 47.4 Å². The van der Waals surface area contributed by atoms with Crippen molar-refractivity contribution in [2.75, 3.05) is 12.4 Å². The quantitative estimate of drug-likeness (QED) is 0.795. The molecule has 23 heavy (non-hydrogen) atoms. The summed E-state index contributed by atoms with van der Waals surface area (Å²) in [5.74, 6) is 2.05. The van der Waals surface area contributed by atoms with Gasteiger partial charge in [-0.1, -0.05) is 5.10 Å². The Labute approximate surface area is 132 Å². The summed E-state index contributed by atoms with van der Waals surface area (Å²) in [6.45, 7) is 3.64. The predicted octanol–water partition coefficient (Wildman–Crippen LogP) is 3.21. The fourth-order valence-corrected chi connectivity index (χ4v) is 2.14. The van der Waals surface area contributed by atoms with Gasteiger partial charge in [-0.3, -0.25) is 10.1 Å². The SMILES string of the molecule is COc1ccc(C(=O)Nc2nnc(-c3cc(C)oc3C)o2)cc1. The van der Waals surface area contributed by atoms with E-state index in [2.05, 4.69) is 15.5 Å². The van der Waals surface area contributed by atoms with Crippen molar-refractivity contribution in [1.82, 2.24) is 10.2 Å². The minimum absolute atomic E-state index is 0.0269. The van der Waals surface area contributed by atoms with Crippen LogP contribution in [0.1, 0.15) is 21.9 Å². The molecule has 3 rings (SSSR count). The summed E-state index contributed by atoms with van der Waals surface area (Å²) >= 11 is 0. The lowest BCUT2D eigenvalue weighted by Gasteiger charge is -2.02. The van der Waals surface area contributed by atoms with Gasteiger partial charge in [-0.05, 0) is 44.2 Å². The maximum Gasteiger partial charge on any atom is 0.322 e. The Bertz CT molecular complexity index is 833. The van der Waals surface area contributed by atoms with Crippen LogP contribution in [0.4, 0.5) is 6.01 Å². The Hall–Kier alpha value is -3.09. The van der Waals surface area contributed by atoms with E-state index in [4.69, 9.17) is 13.6 Å². The summed E-state index contributed by atoms with van der Waals surface area (Å²) in [6, 6.07) is 8.53. The monoisotopic (exact) mass is 313 g/mol. The number of ether oxygens (including phenoxy) is 1. The summed E-state index contributed by atoms with van der Waals surface area (Å²) < 4.78 is 15.9. The van der Waals surface area contributed by atoms with Gasteiger partial charge in [0.15, 0.2) is 0 Å². The van der Waals surface area contributed by atoms with Crippen molar-refractivity contribution in [3.8, 4) is 17.2 Å². The van der Waals surface area contributed by atoms with Gasteiger partial charge in [0.05, 0.1) is 12.7 Å². The van der Waals surface area contributed by atoms with Crippen LogP contribution in [0.15, 0.2) is 39.2 Å². The van der Waals surface area contributed by atoms with E-state index in [-0.39, 0.29) is 11.9 Å². The Kier molecular flexibility index (Phi) is 3.84. The third-order valence-electron chi connectivity index (χ3n) is 3.27. The van der Waals surface area contributed by atoms with E-state index < -0.39 is 0 Å². The van der Waals surface area contributed by atoms with Crippen LogP contribution >= 0.6 is 0 Å². The lowest BCUT2D eigenvalue weighted by Crippen LogP contribution is -2.11. The molecule has 0 aliphatic heterocycles. The van der Waals surface area contributed by atoms with Gasteiger partial charge in [0.2, 0.25) is 0 Å². The third-order valence-corrected chi connectivity index (χ3v) is 3.27. The normalized spacial score (nSPS) is 10.6. The number of nitrogens with zero attached hydrogens (tertiary/aromatic N) is 2. The highest BCUT2D eigenvalue weighted by Crippen LogP contribution is 2.26. The molecule has 0 saturated carbocycles. The van der Waals surface area contributed by atoms with Gasteiger partial charge >= 0.3 is 6.01 Å². The van der Waals surface area contributed by atoms with Gasteiger partial charge in [-0.15, -0.1) is 5.10 Å². The van der Waals surface area contributed by atoms with Crippen molar-refractivity contribution in [3.63, 3.8) is 0 Å². The molecule has 2 heterocycles. The first-order chi connectivity index (χ1) is 11.1. The molecule has 0 aliphatic carbocycles. The van der Waals surface area contributed by atoms with Crippen molar-refractivity contribution in [1.29, 1.82) is 0 Å². The van der Waals surface area contributed by atoms with E-state index in [0.29, 0.717) is 28.5 Å². The highest BCUT2D eigenvalue weighted by Gasteiger charge is 2.16. The Balaban J connectivity index is 1.75. The van der Waals surface area contributed by atoms with Crippen LogP contribution in [0, 0.1) is 13.8 Å². The fourth-order valence-electron chi connectivity index (χ4n) is 2.14. The summed E-state index contributed by atoms with van der Waals surface area (Å²) in [7, 11) is 1.56. The molecule has 1 amide bonds. The lowest BCUT2D eigenvalue weighted by molar-refractivity contribution is 0.102. The van der Waals surface area contributed by atoms with Crippen LogP contribution < -0.4 is 10.1 Å². The van der Waals surface area contributed by atoms with Crippen LogP contribution in [-0.4, -0.2) is 23.2 Å². The number of aromatic nitrogens is 2. The van der Waals surface area contributed by atoms with Gasteiger partial charge in [0.25, 0.3) is 11.8 Å². The third kappa shape index (κ3) is 3.08. The number of carbonyl (C=O) groups is 1. The van der Waals surface area contributed by atoms with Crippen molar-refractivity contribution in [2.45, 2.75) is 13.8 Å². The number of hydrogen-bond acceptors (Lipinski definition) is 6. The molecule has 1 N–H and O–H groups in total. The smallest absolute Gasteiger partial charge is 0.322 e. The first-order valence-electron chi connectivity index (χ1n) is 6.93. The maximum absolute atomic E-state index is 12.1. The van der Waals surface area contributed by atoms with Crippen LogP contribution in [0.5, 0.6) is 5.75 Å². The van der Waals surface area contributed by atoms with E-state index in [0.717, 1.165) is 5.76 Å². The number of amides is 1. The van der Waals surface area contributed by atoms with Crippen LogP contribution in [0.25, 0.3) is 11.5 Å². The molecular formula is C16H15N3O4. The molecule has 7 nitrogen and oxygen atoms in total. The van der Waals surface area contributed by atoms with Gasteiger partial charge in [-0.25, -0.2) is 0 Å². The summed E-state index contributed by atoms with van der Waals surface area (Å²) in [5, 5.41) is 10.3. The molecule has 1 aromatic carbocycles. The molecule has 0 saturated heterocycles. The van der Waals surface area contributed by atoms with E-state index >= 15 is 0 Å². The first-order valence-corrected chi connectivity index (χ1v) is 6.93. The zero-order valence-corrected chi connectivity index (χ0v) is 12.9. The summed E-state index contributed by atoms with van der Waals surface area (Å²) in [4.78, 5) is 12.1. The van der Waals surface area contributed by atoms with E-state index in [1.54, 1.807) is 37.4 Å². The second kappa shape index (κ2) is 5.96. The summed E-state index contributed by atoms with van der Waals surface area (Å²) in [5.41, 5.74) is 1.17. The van der Waals surface area contributed by atoms with Crippen LogP contribution in [0.3, 0.4) is 0 Å². The fraction of sp³-hybridized carbons (Fsp3) is 0.188. The Morgan fingerprint density at radius 1 is 1.13 bits per heavy atom. The largest absolute Gasteiger partial charge is 0.497 e. The standard InChI is InChI=1S/C16H15N3O4/c1-9-8-13(10(2)22-9)15-18-19-16(23-15)17-14(20)11-4-6-12(21-3)7-5-11/h4-8H,1-3H3,(H,17,19,20). The molecule has 118 valence electrons. The first kappa shape index (κ1) is 14.8. The summed E-state index contributed by atoms with van der Waals surface area (Å²) in [6.07, 6.45) is 0. The van der Waals surface area contributed by atoms with Gasteiger partial charge in [0.1, 0.15) is 17.3 Å². The van der Waals surface area contributed by atoms with E-state index in [1.165, 1.54) is 0 Å². The van der Waals surface area contributed by atoms with Crippen LogP contribution in [-0.2, 0) is 0 Å². The van der Waals surface area contributed by atoms with Gasteiger partial charge < -0.3 is 13.6 Å². The average molecular weight is 313 g/mol. The van der Waals surface area contributed by atoms with Crippen LogP contribution in [0.2, 0.25) is 0 Å². The van der Waals surface area contributed by atoms with Gasteiger partial charge in [-0.2, -0.15) is 0 Å². The molecule has 7 heteroatoms. The molecule has 0 bridgehead atoms. The molecule has 0 spiro atoms. The highest BCUT2D eigenvalue weighted by molar-refractivity contribution is 6.03. The van der Waals surface area contributed by atoms with E-state index in [1.807, 2.05) is 13.8 Å². The molecule has 0 unspecified atom stereocenters. The molecule has 0 fully saturated rings. The minimum atomic E-state index is -0.344. The van der Waals surface area contributed by atoms with E-state index in [9.17, 15) is 4.79 Å². The van der Waals surface area contributed by atoms with Crippen molar-refractivity contribution in [2.24, 2.45) is 0 Å². The predicted molar refractivity (Wildman–Crippen MR) is 82.4 cm³/mol. The second-order valence-electron chi connectivity index (χ2n) is 4.92. The molecule has 0 atom stereocenters. The number of methoxy groups -OCH3 is 1. The molecule has 2 aromatic heterocycles. The van der Waals surface area contributed by atoms with Gasteiger partial charge in [0, 0.05) is 5.56 Å². The zero-order valence-electron chi connectivity index (χ0n) is 12.9. The van der Waals surface area contributed by atoms with Crippen molar-refractivity contribution < 1.29 is 18.4 Å². The number of carbonyl (C=O) groups excluding carboxylic acids is 1. The van der Waals surface area contributed by atoms with Crippen molar-refractivity contribution >= 4 is 11.9 Å². The lowest BCUT2D eigenvalue weighted by atomic mass is 10.2. The number of rotatable bonds is 4. The number of anilines is 1. The number of furan rings is 1. The number of aryl methyl sites for hydroxylation is 2. The molecular weight excluding hydrogens is 298 g/mol. The highest BCUT2D eigenvalue weighted by atomic mass is 16.5. The number of hydrogen-bond donors (Lipinski definition) is 1.